The first-order valence-electron chi connectivity index (χ1n) is 6.81. The number of halogens is 1. The Morgan fingerprint density at radius 1 is 1.32 bits per heavy atom. The number of likely N-dealkylation sites (tertiary alicyclic amines) is 1. The normalized spacial score (nSPS) is 15.7. The zero-order valence-corrected chi connectivity index (χ0v) is 11.8. The molecule has 0 radical (unpaired) electrons. The lowest BCUT2D eigenvalue weighted by Crippen LogP contribution is -2.40. The molecule has 1 saturated heterocycles. The standard InChI is InChI=1S/C13H16FNO2.C2H6/c1-9-2-3-11(12(14)8-9)13(17)15-6-4-10(16)5-7-15;1-2/h2-3,8,10,16H,4-7H2,1H3;1-2H3. The number of aliphatic hydroxyl groups excluding tert-OH is 1. The third-order valence-corrected chi connectivity index (χ3v) is 3.11. The van der Waals surface area contributed by atoms with Gasteiger partial charge >= 0.3 is 0 Å². The average Bonchev–Trinajstić information content (AvgIpc) is 2.41. The lowest BCUT2D eigenvalue weighted by atomic mass is 10.1. The summed E-state index contributed by atoms with van der Waals surface area (Å²) in [5.74, 6) is -0.754. The number of carbonyl (C=O) groups is 1. The van der Waals surface area contributed by atoms with Crippen molar-refractivity contribution in [1.29, 1.82) is 0 Å². The minimum Gasteiger partial charge on any atom is -0.393 e. The molecular weight excluding hydrogens is 245 g/mol. The molecule has 3 nitrogen and oxygen atoms in total. The summed E-state index contributed by atoms with van der Waals surface area (Å²) in [7, 11) is 0. The number of aliphatic hydroxyl groups is 1. The third-order valence-electron chi connectivity index (χ3n) is 3.11. The molecule has 1 aromatic rings. The van der Waals surface area contributed by atoms with Crippen molar-refractivity contribution >= 4 is 5.91 Å². The summed E-state index contributed by atoms with van der Waals surface area (Å²) < 4.78 is 13.6. The molecule has 1 aliphatic rings. The predicted octanol–water partition coefficient (Wildman–Crippen LogP) is 2.76. The largest absolute Gasteiger partial charge is 0.393 e. The van der Waals surface area contributed by atoms with Gasteiger partial charge in [-0.3, -0.25) is 4.79 Å². The van der Waals surface area contributed by atoms with Crippen LogP contribution in [0.25, 0.3) is 0 Å². The summed E-state index contributed by atoms with van der Waals surface area (Å²) in [6.45, 7) is 6.77. The highest BCUT2D eigenvalue weighted by Crippen LogP contribution is 2.16. The van der Waals surface area contributed by atoms with E-state index in [9.17, 15) is 14.3 Å². The van der Waals surface area contributed by atoms with Crippen LogP contribution in [0.1, 0.15) is 42.6 Å². The molecule has 0 unspecified atom stereocenters. The molecule has 0 atom stereocenters. The number of nitrogens with zero attached hydrogens (tertiary/aromatic N) is 1. The number of amides is 1. The van der Waals surface area contributed by atoms with Crippen LogP contribution in [-0.2, 0) is 0 Å². The van der Waals surface area contributed by atoms with Crippen molar-refractivity contribution in [2.45, 2.75) is 39.7 Å². The maximum atomic E-state index is 13.6. The van der Waals surface area contributed by atoms with Gasteiger partial charge in [0, 0.05) is 13.1 Å². The number of aryl methyl sites for hydroxylation is 1. The quantitative estimate of drug-likeness (QED) is 0.850. The van der Waals surface area contributed by atoms with Crippen LogP contribution < -0.4 is 0 Å². The van der Waals surface area contributed by atoms with E-state index in [-0.39, 0.29) is 17.6 Å². The highest BCUT2D eigenvalue weighted by molar-refractivity contribution is 5.94. The summed E-state index contributed by atoms with van der Waals surface area (Å²) >= 11 is 0. The molecule has 1 aliphatic heterocycles. The minimum atomic E-state index is -0.471. The van der Waals surface area contributed by atoms with Gasteiger partial charge in [-0.15, -0.1) is 0 Å². The Hall–Kier alpha value is -1.42. The third kappa shape index (κ3) is 4.03. The van der Waals surface area contributed by atoms with Crippen LogP contribution in [0.3, 0.4) is 0 Å². The second-order valence-corrected chi connectivity index (χ2v) is 4.51. The van der Waals surface area contributed by atoms with Gasteiger partial charge in [-0.05, 0) is 37.5 Å². The maximum absolute atomic E-state index is 13.6. The molecule has 106 valence electrons. The van der Waals surface area contributed by atoms with Gasteiger partial charge < -0.3 is 10.0 Å². The van der Waals surface area contributed by atoms with Crippen molar-refractivity contribution in [3.63, 3.8) is 0 Å². The summed E-state index contributed by atoms with van der Waals surface area (Å²) in [4.78, 5) is 13.6. The monoisotopic (exact) mass is 267 g/mol. The van der Waals surface area contributed by atoms with E-state index >= 15 is 0 Å². The first-order valence-corrected chi connectivity index (χ1v) is 6.81. The molecule has 0 spiro atoms. The van der Waals surface area contributed by atoms with E-state index in [1.165, 1.54) is 12.1 Å². The van der Waals surface area contributed by atoms with E-state index in [1.54, 1.807) is 17.9 Å². The van der Waals surface area contributed by atoms with Gasteiger partial charge in [-0.2, -0.15) is 0 Å². The van der Waals surface area contributed by atoms with Crippen LogP contribution >= 0.6 is 0 Å². The average molecular weight is 267 g/mol. The van der Waals surface area contributed by atoms with Crippen LogP contribution in [0.15, 0.2) is 18.2 Å². The Morgan fingerprint density at radius 2 is 1.89 bits per heavy atom. The van der Waals surface area contributed by atoms with Crippen molar-refractivity contribution in [2.24, 2.45) is 0 Å². The van der Waals surface area contributed by atoms with Crippen molar-refractivity contribution < 1.29 is 14.3 Å². The molecule has 0 bridgehead atoms. The van der Waals surface area contributed by atoms with E-state index in [2.05, 4.69) is 0 Å². The SMILES string of the molecule is CC.Cc1ccc(C(=O)N2CCC(O)CC2)c(F)c1. The van der Waals surface area contributed by atoms with Crippen molar-refractivity contribution in [1.82, 2.24) is 4.90 Å². The Morgan fingerprint density at radius 3 is 2.42 bits per heavy atom. The summed E-state index contributed by atoms with van der Waals surface area (Å²) in [5.41, 5.74) is 0.917. The molecule has 2 rings (SSSR count). The Balaban J connectivity index is 0.000000861. The van der Waals surface area contributed by atoms with Crippen LogP contribution in [0, 0.1) is 12.7 Å². The van der Waals surface area contributed by atoms with E-state index in [0.717, 1.165) is 5.56 Å². The van der Waals surface area contributed by atoms with Gasteiger partial charge in [0.05, 0.1) is 11.7 Å². The zero-order chi connectivity index (χ0) is 14.4. The summed E-state index contributed by atoms with van der Waals surface area (Å²) in [5, 5.41) is 9.36. The van der Waals surface area contributed by atoms with Gasteiger partial charge in [0.25, 0.3) is 5.91 Å². The topological polar surface area (TPSA) is 40.5 Å². The summed E-state index contributed by atoms with van der Waals surface area (Å²) in [6.07, 6.45) is 0.806. The van der Waals surface area contributed by atoms with Crippen molar-refractivity contribution in [3.8, 4) is 0 Å². The van der Waals surface area contributed by atoms with E-state index < -0.39 is 5.82 Å². The van der Waals surface area contributed by atoms with E-state index in [4.69, 9.17) is 0 Å². The fourth-order valence-corrected chi connectivity index (χ4v) is 2.03. The number of rotatable bonds is 1. The van der Waals surface area contributed by atoms with Gasteiger partial charge in [-0.1, -0.05) is 19.9 Å². The van der Waals surface area contributed by atoms with Gasteiger partial charge in [0.2, 0.25) is 0 Å². The lowest BCUT2D eigenvalue weighted by Gasteiger charge is -2.29. The minimum absolute atomic E-state index is 0.118. The molecule has 1 aromatic carbocycles. The molecule has 1 fully saturated rings. The fourth-order valence-electron chi connectivity index (χ4n) is 2.03. The molecule has 0 aliphatic carbocycles. The molecule has 0 saturated carbocycles. The number of hydrogen-bond acceptors (Lipinski definition) is 2. The first kappa shape index (κ1) is 15.6. The second kappa shape index (κ2) is 7.24. The van der Waals surface area contributed by atoms with Gasteiger partial charge in [0.1, 0.15) is 5.82 Å². The van der Waals surface area contributed by atoms with Gasteiger partial charge in [0.15, 0.2) is 0 Å². The van der Waals surface area contributed by atoms with Crippen LogP contribution in [-0.4, -0.2) is 35.1 Å². The first-order chi connectivity index (χ1) is 9.08. The number of piperidine rings is 1. The van der Waals surface area contributed by atoms with E-state index in [0.29, 0.717) is 25.9 Å². The fraction of sp³-hybridized carbons (Fsp3) is 0.533. The maximum Gasteiger partial charge on any atom is 0.256 e. The van der Waals surface area contributed by atoms with Crippen LogP contribution in [0.5, 0.6) is 0 Å². The Bertz CT molecular complexity index is 426. The Kier molecular flexibility index (Phi) is 5.96. The molecular formula is C15H22FNO2. The van der Waals surface area contributed by atoms with Gasteiger partial charge in [-0.25, -0.2) is 4.39 Å². The van der Waals surface area contributed by atoms with E-state index in [1.807, 2.05) is 13.8 Å². The molecule has 19 heavy (non-hydrogen) atoms. The molecule has 1 N–H and O–H groups in total. The molecule has 0 aromatic heterocycles. The lowest BCUT2D eigenvalue weighted by molar-refractivity contribution is 0.0543. The number of benzene rings is 1. The second-order valence-electron chi connectivity index (χ2n) is 4.51. The highest BCUT2D eigenvalue weighted by atomic mass is 19.1. The van der Waals surface area contributed by atoms with Crippen molar-refractivity contribution in [2.75, 3.05) is 13.1 Å². The Labute approximate surface area is 114 Å². The number of carbonyl (C=O) groups excluding carboxylic acids is 1. The zero-order valence-electron chi connectivity index (χ0n) is 11.8. The highest BCUT2D eigenvalue weighted by Gasteiger charge is 2.23. The predicted molar refractivity (Wildman–Crippen MR) is 73.6 cm³/mol. The van der Waals surface area contributed by atoms with Crippen molar-refractivity contribution in [3.05, 3.63) is 35.1 Å². The molecule has 1 heterocycles. The smallest absolute Gasteiger partial charge is 0.256 e. The molecule has 4 heteroatoms. The van der Waals surface area contributed by atoms with Crippen LogP contribution in [0.4, 0.5) is 4.39 Å². The molecule has 1 amide bonds. The number of hydrogen-bond donors (Lipinski definition) is 1. The summed E-state index contributed by atoms with van der Waals surface area (Å²) in [6, 6.07) is 4.62. The van der Waals surface area contributed by atoms with Crippen LogP contribution in [0.2, 0.25) is 0 Å².